The van der Waals surface area contributed by atoms with Gasteiger partial charge < -0.3 is 19.5 Å². The van der Waals surface area contributed by atoms with Crippen molar-refractivity contribution in [3.63, 3.8) is 0 Å². The molecule has 0 aliphatic heterocycles. The Morgan fingerprint density at radius 3 is 2.29 bits per heavy atom. The Balaban J connectivity index is 2.42. The molecular weight excluding hydrogens is 384 g/mol. The van der Waals surface area contributed by atoms with Crippen LogP contribution in [0.1, 0.15) is 20.3 Å². The number of hydrogen-bond acceptors (Lipinski definition) is 6. The Morgan fingerprint density at radius 1 is 0.964 bits per heavy atom. The topological polar surface area (TPSA) is 103 Å². The van der Waals surface area contributed by atoms with Crippen molar-refractivity contribution in [1.82, 2.24) is 0 Å². The van der Waals surface area contributed by atoms with Crippen LogP contribution in [0.15, 0.2) is 41.3 Å². The molecule has 8 nitrogen and oxygen atoms in total. The maximum atomic E-state index is 12.9. The Morgan fingerprint density at radius 2 is 1.68 bits per heavy atom. The van der Waals surface area contributed by atoms with Crippen molar-refractivity contribution in [2.75, 3.05) is 30.9 Å². The second kappa shape index (κ2) is 9.32. The number of amides is 1. The number of nitrogens with one attached hydrogen (secondary N) is 2. The van der Waals surface area contributed by atoms with E-state index in [2.05, 4.69) is 10.0 Å². The van der Waals surface area contributed by atoms with E-state index in [0.717, 1.165) is 0 Å². The molecule has 2 rings (SSSR count). The molecule has 0 unspecified atom stereocenters. The van der Waals surface area contributed by atoms with Gasteiger partial charge in [0.1, 0.15) is 17.2 Å². The average molecular weight is 408 g/mol. The number of methoxy groups -OCH3 is 2. The summed E-state index contributed by atoms with van der Waals surface area (Å²) in [4.78, 5) is 11.7. The van der Waals surface area contributed by atoms with Gasteiger partial charge in [-0.1, -0.05) is 6.92 Å². The Hall–Kier alpha value is -2.94. The minimum atomic E-state index is -3.96. The summed E-state index contributed by atoms with van der Waals surface area (Å²) < 4.78 is 44.1. The largest absolute Gasteiger partial charge is 0.497 e. The van der Waals surface area contributed by atoms with E-state index >= 15 is 0 Å². The van der Waals surface area contributed by atoms with Gasteiger partial charge in [-0.05, 0) is 37.3 Å². The molecule has 152 valence electrons. The lowest BCUT2D eigenvalue weighted by atomic mass is 10.3. The zero-order valence-electron chi connectivity index (χ0n) is 16.2. The molecule has 0 aliphatic carbocycles. The van der Waals surface area contributed by atoms with Gasteiger partial charge in [0.05, 0.1) is 37.1 Å². The van der Waals surface area contributed by atoms with Crippen LogP contribution >= 0.6 is 0 Å². The number of anilines is 2. The third kappa shape index (κ3) is 5.07. The summed E-state index contributed by atoms with van der Waals surface area (Å²) >= 11 is 0. The van der Waals surface area contributed by atoms with E-state index in [0.29, 0.717) is 23.9 Å². The molecule has 0 atom stereocenters. The van der Waals surface area contributed by atoms with Crippen LogP contribution in [0.2, 0.25) is 0 Å². The van der Waals surface area contributed by atoms with E-state index in [1.54, 1.807) is 26.0 Å². The number of carbonyl (C=O) groups is 1. The summed E-state index contributed by atoms with van der Waals surface area (Å²) in [6, 6.07) is 9.04. The number of hydrogen-bond donors (Lipinski definition) is 2. The molecule has 0 aromatic heterocycles. The van der Waals surface area contributed by atoms with Gasteiger partial charge in [-0.25, -0.2) is 8.42 Å². The molecule has 0 radical (unpaired) electrons. The maximum absolute atomic E-state index is 12.9. The lowest BCUT2D eigenvalue weighted by Crippen LogP contribution is -2.16. The predicted molar refractivity (Wildman–Crippen MR) is 107 cm³/mol. The van der Waals surface area contributed by atoms with Crippen molar-refractivity contribution in [1.29, 1.82) is 0 Å². The van der Waals surface area contributed by atoms with Gasteiger partial charge >= 0.3 is 0 Å². The summed E-state index contributed by atoms with van der Waals surface area (Å²) in [6.45, 7) is 3.87. The molecule has 0 fully saturated rings. The quantitative estimate of drug-likeness (QED) is 0.660. The monoisotopic (exact) mass is 408 g/mol. The van der Waals surface area contributed by atoms with Gasteiger partial charge in [0.2, 0.25) is 5.91 Å². The molecule has 2 aromatic carbocycles. The molecule has 0 heterocycles. The number of rotatable bonds is 9. The van der Waals surface area contributed by atoms with Gasteiger partial charge in [0.25, 0.3) is 10.0 Å². The zero-order valence-corrected chi connectivity index (χ0v) is 17.1. The lowest BCUT2D eigenvalue weighted by molar-refractivity contribution is -0.115. The van der Waals surface area contributed by atoms with Crippen molar-refractivity contribution in [2.24, 2.45) is 0 Å². The standard InChI is InChI=1S/C19H24N2O6S/c1-5-19(22)20-15-12-14(8-10-18(15)27-6-2)28(23,24)21-16-11-13(25-3)7-9-17(16)26-4/h7-12,21H,5-6H2,1-4H3,(H,20,22). The Kier molecular flexibility index (Phi) is 7.11. The molecule has 2 N–H and O–H groups in total. The number of sulfonamides is 1. The second-order valence-electron chi connectivity index (χ2n) is 5.66. The van der Waals surface area contributed by atoms with Crippen LogP contribution in [0.25, 0.3) is 0 Å². The van der Waals surface area contributed by atoms with Crippen LogP contribution in [0.3, 0.4) is 0 Å². The normalized spacial score (nSPS) is 10.9. The first-order valence-electron chi connectivity index (χ1n) is 8.66. The summed E-state index contributed by atoms with van der Waals surface area (Å²) in [5, 5.41) is 2.66. The smallest absolute Gasteiger partial charge is 0.262 e. The van der Waals surface area contributed by atoms with Gasteiger partial charge in [-0.3, -0.25) is 9.52 Å². The van der Waals surface area contributed by atoms with E-state index < -0.39 is 10.0 Å². The van der Waals surface area contributed by atoms with Gasteiger partial charge in [0.15, 0.2) is 0 Å². The summed E-state index contributed by atoms with van der Waals surface area (Å²) in [6.07, 6.45) is 0.252. The van der Waals surface area contributed by atoms with Crippen molar-refractivity contribution in [2.45, 2.75) is 25.2 Å². The highest BCUT2D eigenvalue weighted by Gasteiger charge is 2.20. The van der Waals surface area contributed by atoms with E-state index in [1.165, 1.54) is 38.5 Å². The molecule has 0 bridgehead atoms. The maximum Gasteiger partial charge on any atom is 0.262 e. The molecule has 0 aliphatic rings. The van der Waals surface area contributed by atoms with E-state index in [1.807, 2.05) is 0 Å². The molecule has 2 aromatic rings. The van der Waals surface area contributed by atoms with Crippen LogP contribution in [-0.4, -0.2) is 35.2 Å². The van der Waals surface area contributed by atoms with Crippen LogP contribution in [0.4, 0.5) is 11.4 Å². The fourth-order valence-corrected chi connectivity index (χ4v) is 3.48. The molecule has 0 saturated heterocycles. The van der Waals surface area contributed by atoms with Crippen molar-refractivity contribution < 1.29 is 27.4 Å². The van der Waals surface area contributed by atoms with Gasteiger partial charge in [-0.15, -0.1) is 0 Å². The third-order valence-electron chi connectivity index (χ3n) is 3.81. The fraction of sp³-hybridized carbons (Fsp3) is 0.316. The highest BCUT2D eigenvalue weighted by molar-refractivity contribution is 7.92. The first-order valence-corrected chi connectivity index (χ1v) is 10.1. The van der Waals surface area contributed by atoms with Crippen molar-refractivity contribution in [3.8, 4) is 17.2 Å². The molecule has 0 saturated carbocycles. The van der Waals surface area contributed by atoms with Gasteiger partial charge in [-0.2, -0.15) is 0 Å². The molecule has 0 spiro atoms. The molecule has 9 heteroatoms. The highest BCUT2D eigenvalue weighted by Crippen LogP contribution is 2.33. The summed E-state index contributed by atoms with van der Waals surface area (Å²) in [7, 11) is -1.04. The molecule has 28 heavy (non-hydrogen) atoms. The summed E-state index contributed by atoms with van der Waals surface area (Å²) in [5.41, 5.74) is 0.518. The highest BCUT2D eigenvalue weighted by atomic mass is 32.2. The fourth-order valence-electron chi connectivity index (χ4n) is 2.39. The van der Waals surface area contributed by atoms with Crippen LogP contribution in [0, 0.1) is 0 Å². The van der Waals surface area contributed by atoms with E-state index in [4.69, 9.17) is 14.2 Å². The second-order valence-corrected chi connectivity index (χ2v) is 7.35. The zero-order chi connectivity index (χ0) is 20.7. The first kappa shape index (κ1) is 21.4. The number of benzene rings is 2. The van der Waals surface area contributed by atoms with Crippen LogP contribution in [0.5, 0.6) is 17.2 Å². The average Bonchev–Trinajstić information content (AvgIpc) is 2.68. The molecule has 1 amide bonds. The minimum absolute atomic E-state index is 0.0350. The minimum Gasteiger partial charge on any atom is -0.497 e. The van der Waals surface area contributed by atoms with Crippen molar-refractivity contribution in [3.05, 3.63) is 36.4 Å². The molecular formula is C19H24N2O6S. The number of carbonyl (C=O) groups excluding carboxylic acids is 1. The van der Waals surface area contributed by atoms with Crippen molar-refractivity contribution >= 4 is 27.3 Å². The lowest BCUT2D eigenvalue weighted by Gasteiger charge is -2.15. The van der Waals surface area contributed by atoms with Crippen LogP contribution in [-0.2, 0) is 14.8 Å². The number of ether oxygens (including phenoxy) is 3. The summed E-state index contributed by atoms with van der Waals surface area (Å²) in [5.74, 6) is 0.955. The Bertz CT molecular complexity index is 943. The van der Waals surface area contributed by atoms with E-state index in [9.17, 15) is 13.2 Å². The third-order valence-corrected chi connectivity index (χ3v) is 5.17. The first-order chi connectivity index (χ1) is 13.3. The van der Waals surface area contributed by atoms with E-state index in [-0.39, 0.29) is 28.6 Å². The van der Waals surface area contributed by atoms with Crippen LogP contribution < -0.4 is 24.2 Å². The Labute approximate surface area is 164 Å². The van der Waals surface area contributed by atoms with Gasteiger partial charge in [0, 0.05) is 12.5 Å². The SMILES string of the molecule is CCOc1ccc(S(=O)(=O)Nc2cc(OC)ccc2OC)cc1NC(=O)CC. The predicted octanol–water partition coefficient (Wildman–Crippen LogP) is 3.25.